The topological polar surface area (TPSA) is 37.8 Å². The molecule has 0 aliphatic rings. The first kappa shape index (κ1) is 10.3. The van der Waals surface area contributed by atoms with Gasteiger partial charge >= 0.3 is 0 Å². The standard InChI is InChI=1S/C8H4ClF2N3S/c9-7-8(14-15-13-7)12-6-3-4(10)1-2-5(6)11/h1-3H,(H,12,14). The van der Waals surface area contributed by atoms with Crippen molar-refractivity contribution in [2.24, 2.45) is 0 Å². The van der Waals surface area contributed by atoms with Crippen LogP contribution in [-0.4, -0.2) is 8.75 Å². The Morgan fingerprint density at radius 2 is 2.07 bits per heavy atom. The first-order chi connectivity index (χ1) is 7.16. The largest absolute Gasteiger partial charge is 0.334 e. The fraction of sp³-hybridized carbons (Fsp3) is 0. The quantitative estimate of drug-likeness (QED) is 0.886. The van der Waals surface area contributed by atoms with E-state index in [1.807, 2.05) is 0 Å². The van der Waals surface area contributed by atoms with Crippen molar-refractivity contribution in [3.63, 3.8) is 0 Å². The summed E-state index contributed by atoms with van der Waals surface area (Å²) in [5.41, 5.74) is -0.0235. The Labute approximate surface area is 93.0 Å². The van der Waals surface area contributed by atoms with Crippen molar-refractivity contribution in [2.45, 2.75) is 0 Å². The number of hydrogen-bond acceptors (Lipinski definition) is 4. The van der Waals surface area contributed by atoms with Gasteiger partial charge in [-0.3, -0.25) is 0 Å². The smallest absolute Gasteiger partial charge is 0.187 e. The Hall–Kier alpha value is -1.27. The summed E-state index contributed by atoms with van der Waals surface area (Å²) < 4.78 is 33.4. The minimum Gasteiger partial charge on any atom is -0.334 e. The number of rotatable bonds is 2. The lowest BCUT2D eigenvalue weighted by Crippen LogP contribution is -1.95. The Kier molecular flexibility index (Phi) is 2.79. The van der Waals surface area contributed by atoms with E-state index in [-0.39, 0.29) is 16.7 Å². The van der Waals surface area contributed by atoms with Crippen molar-refractivity contribution in [3.05, 3.63) is 35.0 Å². The molecule has 1 aromatic carbocycles. The third-order valence-corrected chi connectivity index (χ3v) is 2.52. The summed E-state index contributed by atoms with van der Waals surface area (Å²) in [5, 5.41) is 2.68. The van der Waals surface area contributed by atoms with Gasteiger partial charge in [0.2, 0.25) is 0 Å². The highest BCUT2D eigenvalue weighted by molar-refractivity contribution is 6.99. The maximum absolute atomic E-state index is 13.2. The van der Waals surface area contributed by atoms with Crippen LogP contribution in [-0.2, 0) is 0 Å². The fourth-order valence-corrected chi connectivity index (χ4v) is 1.62. The second-order valence-electron chi connectivity index (χ2n) is 2.65. The molecular weight excluding hydrogens is 244 g/mol. The summed E-state index contributed by atoms with van der Waals surface area (Å²) >= 11 is 6.52. The van der Waals surface area contributed by atoms with E-state index in [2.05, 4.69) is 14.1 Å². The molecule has 15 heavy (non-hydrogen) atoms. The van der Waals surface area contributed by atoms with Gasteiger partial charge in [-0.15, -0.1) is 0 Å². The number of benzene rings is 1. The molecule has 0 fully saturated rings. The average molecular weight is 248 g/mol. The first-order valence-corrected chi connectivity index (χ1v) is 4.98. The zero-order valence-corrected chi connectivity index (χ0v) is 8.74. The molecule has 0 amide bonds. The Morgan fingerprint density at radius 1 is 1.27 bits per heavy atom. The van der Waals surface area contributed by atoms with Gasteiger partial charge in [0.25, 0.3) is 0 Å². The highest BCUT2D eigenvalue weighted by Crippen LogP contribution is 2.24. The molecule has 0 atom stereocenters. The summed E-state index contributed by atoms with van der Waals surface area (Å²) in [4.78, 5) is 0. The molecule has 2 rings (SSSR count). The van der Waals surface area contributed by atoms with Gasteiger partial charge in [0.1, 0.15) is 11.6 Å². The molecule has 0 unspecified atom stereocenters. The van der Waals surface area contributed by atoms with Crippen LogP contribution in [0.2, 0.25) is 5.15 Å². The summed E-state index contributed by atoms with van der Waals surface area (Å²) in [5.74, 6) is -0.912. The van der Waals surface area contributed by atoms with Crippen LogP contribution in [0.1, 0.15) is 0 Å². The fourth-order valence-electron chi connectivity index (χ4n) is 0.973. The minimum atomic E-state index is -0.583. The zero-order chi connectivity index (χ0) is 10.8. The molecule has 0 bridgehead atoms. The van der Waals surface area contributed by atoms with E-state index in [4.69, 9.17) is 11.6 Å². The average Bonchev–Trinajstić information content (AvgIpc) is 2.58. The van der Waals surface area contributed by atoms with Crippen molar-refractivity contribution in [1.29, 1.82) is 0 Å². The van der Waals surface area contributed by atoms with Crippen LogP contribution in [0.15, 0.2) is 18.2 Å². The highest BCUT2D eigenvalue weighted by Gasteiger charge is 2.09. The van der Waals surface area contributed by atoms with Crippen LogP contribution in [0.4, 0.5) is 20.3 Å². The molecule has 1 N–H and O–H groups in total. The van der Waals surface area contributed by atoms with E-state index < -0.39 is 11.6 Å². The lowest BCUT2D eigenvalue weighted by Gasteiger charge is -2.03. The second kappa shape index (κ2) is 4.08. The molecule has 0 aliphatic carbocycles. The highest BCUT2D eigenvalue weighted by atomic mass is 35.5. The number of aromatic nitrogens is 2. The Bertz CT molecular complexity index is 488. The van der Waals surface area contributed by atoms with E-state index in [1.54, 1.807) is 0 Å². The number of nitrogens with one attached hydrogen (secondary N) is 1. The van der Waals surface area contributed by atoms with Crippen LogP contribution < -0.4 is 5.32 Å². The van der Waals surface area contributed by atoms with Crippen LogP contribution in [0, 0.1) is 11.6 Å². The number of anilines is 2. The summed E-state index contributed by atoms with van der Waals surface area (Å²) in [7, 11) is 0. The van der Waals surface area contributed by atoms with Crippen molar-refractivity contribution in [2.75, 3.05) is 5.32 Å². The van der Waals surface area contributed by atoms with Gasteiger partial charge in [-0.1, -0.05) is 11.6 Å². The second-order valence-corrected chi connectivity index (χ2v) is 3.54. The SMILES string of the molecule is Fc1ccc(F)c(Nc2nsnc2Cl)c1. The lowest BCUT2D eigenvalue weighted by molar-refractivity contribution is 0.603. The predicted molar refractivity (Wildman–Crippen MR) is 54.6 cm³/mol. The van der Waals surface area contributed by atoms with Crippen molar-refractivity contribution >= 4 is 34.8 Å². The Morgan fingerprint density at radius 3 is 2.73 bits per heavy atom. The molecule has 0 radical (unpaired) electrons. The van der Waals surface area contributed by atoms with E-state index in [0.29, 0.717) is 0 Å². The first-order valence-electron chi connectivity index (χ1n) is 3.87. The van der Waals surface area contributed by atoms with Crippen LogP contribution in [0.5, 0.6) is 0 Å². The van der Waals surface area contributed by atoms with E-state index in [0.717, 1.165) is 29.9 Å². The normalized spacial score (nSPS) is 10.3. The van der Waals surface area contributed by atoms with E-state index in [1.165, 1.54) is 0 Å². The molecule has 7 heteroatoms. The number of hydrogen-bond donors (Lipinski definition) is 1. The molecular formula is C8H4ClF2N3S. The summed E-state index contributed by atoms with van der Waals surface area (Å²) in [6, 6.07) is 3.07. The van der Waals surface area contributed by atoms with Gasteiger partial charge in [0.15, 0.2) is 11.0 Å². The monoisotopic (exact) mass is 247 g/mol. The maximum Gasteiger partial charge on any atom is 0.187 e. The molecule has 0 spiro atoms. The van der Waals surface area contributed by atoms with Gasteiger partial charge in [-0.25, -0.2) is 8.78 Å². The van der Waals surface area contributed by atoms with Gasteiger partial charge in [-0.05, 0) is 12.1 Å². The molecule has 1 heterocycles. The predicted octanol–water partition coefficient (Wildman–Crippen LogP) is 3.21. The number of nitrogens with zero attached hydrogens (tertiary/aromatic N) is 2. The van der Waals surface area contributed by atoms with Crippen LogP contribution in [0.25, 0.3) is 0 Å². The molecule has 3 nitrogen and oxygen atoms in total. The molecule has 0 saturated heterocycles. The zero-order valence-electron chi connectivity index (χ0n) is 7.17. The van der Waals surface area contributed by atoms with E-state index in [9.17, 15) is 8.78 Å². The van der Waals surface area contributed by atoms with Crippen LogP contribution >= 0.6 is 23.3 Å². The van der Waals surface area contributed by atoms with E-state index >= 15 is 0 Å². The molecule has 1 aromatic heterocycles. The summed E-state index contributed by atoms with van der Waals surface area (Å²) in [6.45, 7) is 0. The third kappa shape index (κ3) is 2.21. The lowest BCUT2D eigenvalue weighted by atomic mass is 10.3. The Balaban J connectivity index is 2.32. The van der Waals surface area contributed by atoms with Crippen molar-refractivity contribution in [3.8, 4) is 0 Å². The number of halogens is 3. The minimum absolute atomic E-state index is 0.0235. The van der Waals surface area contributed by atoms with Crippen molar-refractivity contribution in [1.82, 2.24) is 8.75 Å². The third-order valence-electron chi connectivity index (χ3n) is 1.63. The van der Waals surface area contributed by atoms with Gasteiger partial charge in [-0.2, -0.15) is 8.75 Å². The van der Waals surface area contributed by atoms with Crippen LogP contribution in [0.3, 0.4) is 0 Å². The molecule has 2 aromatic rings. The van der Waals surface area contributed by atoms with Crippen molar-refractivity contribution < 1.29 is 8.78 Å². The molecule has 78 valence electrons. The van der Waals surface area contributed by atoms with Gasteiger partial charge < -0.3 is 5.32 Å². The maximum atomic E-state index is 13.2. The molecule has 0 saturated carbocycles. The molecule has 0 aliphatic heterocycles. The van der Waals surface area contributed by atoms with Gasteiger partial charge in [0.05, 0.1) is 17.4 Å². The van der Waals surface area contributed by atoms with Gasteiger partial charge in [0, 0.05) is 6.07 Å². The summed E-state index contributed by atoms with van der Waals surface area (Å²) in [6.07, 6.45) is 0.